The smallest absolute Gasteiger partial charge is 0.255 e. The SMILES string of the molecule is CC(C)N(CCO)C(=O)c1ccc(F)cc1C#CCCO. The van der Waals surface area contributed by atoms with Gasteiger partial charge < -0.3 is 15.1 Å². The van der Waals surface area contributed by atoms with Crippen molar-refractivity contribution in [1.29, 1.82) is 0 Å². The van der Waals surface area contributed by atoms with Crippen LogP contribution >= 0.6 is 0 Å². The molecule has 1 aromatic rings. The molecule has 0 atom stereocenters. The maximum atomic E-state index is 13.3. The van der Waals surface area contributed by atoms with Crippen molar-refractivity contribution in [2.75, 3.05) is 19.8 Å². The van der Waals surface area contributed by atoms with Gasteiger partial charge in [-0.1, -0.05) is 11.8 Å². The molecule has 0 bridgehead atoms. The molecule has 1 amide bonds. The lowest BCUT2D eigenvalue weighted by Crippen LogP contribution is -2.39. The highest BCUT2D eigenvalue weighted by Crippen LogP contribution is 2.15. The van der Waals surface area contributed by atoms with E-state index in [0.29, 0.717) is 5.56 Å². The van der Waals surface area contributed by atoms with Crippen molar-refractivity contribution in [1.82, 2.24) is 4.90 Å². The Hall–Kier alpha value is -1.90. The van der Waals surface area contributed by atoms with E-state index in [1.807, 2.05) is 13.8 Å². The van der Waals surface area contributed by atoms with Gasteiger partial charge in [0.1, 0.15) is 5.82 Å². The summed E-state index contributed by atoms with van der Waals surface area (Å²) in [6.07, 6.45) is 0.259. The largest absolute Gasteiger partial charge is 0.395 e. The average molecular weight is 293 g/mol. The summed E-state index contributed by atoms with van der Waals surface area (Å²) >= 11 is 0. The fourth-order valence-corrected chi connectivity index (χ4v) is 1.88. The lowest BCUT2D eigenvalue weighted by Gasteiger charge is -2.26. The second-order valence-electron chi connectivity index (χ2n) is 4.78. The number of amides is 1. The number of aliphatic hydroxyl groups is 2. The van der Waals surface area contributed by atoms with Crippen molar-refractivity contribution in [3.05, 3.63) is 35.1 Å². The Kier molecular flexibility index (Phi) is 6.86. The van der Waals surface area contributed by atoms with Crippen LogP contribution in [0.5, 0.6) is 0 Å². The molecular formula is C16H20FNO3. The minimum absolute atomic E-state index is 0.0891. The van der Waals surface area contributed by atoms with Crippen molar-refractivity contribution in [3.63, 3.8) is 0 Å². The molecule has 114 valence electrons. The molecule has 0 aliphatic rings. The maximum absolute atomic E-state index is 13.3. The molecule has 2 N–H and O–H groups in total. The molecule has 0 aliphatic carbocycles. The van der Waals surface area contributed by atoms with Gasteiger partial charge in [0.2, 0.25) is 0 Å². The van der Waals surface area contributed by atoms with Gasteiger partial charge in [-0.2, -0.15) is 0 Å². The Morgan fingerprint density at radius 3 is 2.62 bits per heavy atom. The minimum Gasteiger partial charge on any atom is -0.395 e. The van der Waals surface area contributed by atoms with Gasteiger partial charge in [-0.3, -0.25) is 4.79 Å². The molecule has 0 saturated heterocycles. The van der Waals surface area contributed by atoms with Crippen LogP contribution in [0.3, 0.4) is 0 Å². The van der Waals surface area contributed by atoms with Crippen LogP contribution in [0, 0.1) is 17.7 Å². The number of benzene rings is 1. The fourth-order valence-electron chi connectivity index (χ4n) is 1.88. The second-order valence-corrected chi connectivity index (χ2v) is 4.78. The Labute approximate surface area is 124 Å². The number of rotatable bonds is 5. The zero-order valence-corrected chi connectivity index (χ0v) is 12.3. The van der Waals surface area contributed by atoms with Crippen molar-refractivity contribution >= 4 is 5.91 Å². The zero-order valence-electron chi connectivity index (χ0n) is 12.3. The van der Waals surface area contributed by atoms with Crippen LogP contribution in [0.4, 0.5) is 4.39 Å². The maximum Gasteiger partial charge on any atom is 0.255 e. The number of aliphatic hydroxyl groups excluding tert-OH is 2. The lowest BCUT2D eigenvalue weighted by molar-refractivity contribution is 0.0665. The molecule has 0 heterocycles. The van der Waals surface area contributed by atoms with Crippen LogP contribution in [-0.4, -0.2) is 46.8 Å². The van der Waals surface area contributed by atoms with Gasteiger partial charge in [-0.05, 0) is 32.0 Å². The summed E-state index contributed by atoms with van der Waals surface area (Å²) in [6, 6.07) is 3.72. The van der Waals surface area contributed by atoms with E-state index < -0.39 is 5.82 Å². The van der Waals surface area contributed by atoms with Gasteiger partial charge in [0.15, 0.2) is 0 Å². The van der Waals surface area contributed by atoms with E-state index in [2.05, 4.69) is 11.8 Å². The van der Waals surface area contributed by atoms with Gasteiger partial charge in [-0.15, -0.1) is 0 Å². The summed E-state index contributed by atoms with van der Waals surface area (Å²) in [5.74, 6) is 4.63. The second kappa shape index (κ2) is 8.40. The number of carbonyl (C=O) groups is 1. The first kappa shape index (κ1) is 17.2. The third kappa shape index (κ3) is 4.85. The summed E-state index contributed by atoms with van der Waals surface area (Å²) in [5.41, 5.74) is 0.584. The van der Waals surface area contributed by atoms with Crippen molar-refractivity contribution in [2.24, 2.45) is 0 Å². The molecule has 4 nitrogen and oxygen atoms in total. The highest BCUT2D eigenvalue weighted by Gasteiger charge is 2.20. The van der Waals surface area contributed by atoms with E-state index in [4.69, 9.17) is 10.2 Å². The summed E-state index contributed by atoms with van der Waals surface area (Å²) in [4.78, 5) is 14.0. The highest BCUT2D eigenvalue weighted by atomic mass is 19.1. The summed E-state index contributed by atoms with van der Waals surface area (Å²) < 4.78 is 13.3. The van der Waals surface area contributed by atoms with E-state index in [1.54, 1.807) is 0 Å². The molecule has 0 aromatic heterocycles. The summed E-state index contributed by atoms with van der Waals surface area (Å²) in [5, 5.41) is 17.8. The predicted octanol–water partition coefficient (Wildman–Crippen LogP) is 1.40. The third-order valence-electron chi connectivity index (χ3n) is 2.90. The molecule has 0 unspecified atom stereocenters. The van der Waals surface area contributed by atoms with Gasteiger partial charge in [0, 0.05) is 24.6 Å². The van der Waals surface area contributed by atoms with E-state index in [9.17, 15) is 9.18 Å². The van der Waals surface area contributed by atoms with E-state index in [-0.39, 0.29) is 43.7 Å². The predicted molar refractivity (Wildman–Crippen MR) is 78.2 cm³/mol. The Balaban J connectivity index is 3.16. The minimum atomic E-state index is -0.474. The molecule has 0 aliphatic heterocycles. The van der Waals surface area contributed by atoms with Gasteiger partial charge in [0.25, 0.3) is 5.91 Å². The molecule has 5 heteroatoms. The van der Waals surface area contributed by atoms with Crippen LogP contribution in [-0.2, 0) is 0 Å². The Morgan fingerprint density at radius 2 is 2.05 bits per heavy atom. The highest BCUT2D eigenvalue weighted by molar-refractivity contribution is 5.97. The van der Waals surface area contributed by atoms with Crippen molar-refractivity contribution in [3.8, 4) is 11.8 Å². The first-order chi connectivity index (χ1) is 10.0. The van der Waals surface area contributed by atoms with Crippen LogP contribution in [0.15, 0.2) is 18.2 Å². The molecule has 0 fully saturated rings. The van der Waals surface area contributed by atoms with Gasteiger partial charge in [0.05, 0.1) is 18.8 Å². The van der Waals surface area contributed by atoms with Crippen molar-refractivity contribution in [2.45, 2.75) is 26.3 Å². The molecule has 0 spiro atoms. The standard InChI is InChI=1S/C16H20FNO3/c1-12(2)18(8-10-20)16(21)15-7-6-14(17)11-13(15)5-3-4-9-19/h6-7,11-12,19-20H,4,8-10H2,1-2H3. The van der Waals surface area contributed by atoms with E-state index in [0.717, 1.165) is 0 Å². The van der Waals surface area contributed by atoms with Crippen LogP contribution < -0.4 is 0 Å². The quantitative estimate of drug-likeness (QED) is 0.807. The monoisotopic (exact) mass is 293 g/mol. The fraction of sp³-hybridized carbons (Fsp3) is 0.438. The number of halogens is 1. The first-order valence-corrected chi connectivity index (χ1v) is 6.82. The first-order valence-electron chi connectivity index (χ1n) is 6.82. The van der Waals surface area contributed by atoms with Crippen LogP contribution in [0.2, 0.25) is 0 Å². The Bertz CT molecular complexity index is 546. The molecule has 1 rings (SSSR count). The van der Waals surface area contributed by atoms with Gasteiger partial charge in [-0.25, -0.2) is 4.39 Å². The number of hydrogen-bond acceptors (Lipinski definition) is 3. The summed E-state index contributed by atoms with van der Waals surface area (Å²) in [7, 11) is 0. The lowest BCUT2D eigenvalue weighted by atomic mass is 10.1. The molecule has 0 radical (unpaired) electrons. The Morgan fingerprint density at radius 1 is 1.33 bits per heavy atom. The molecular weight excluding hydrogens is 273 g/mol. The van der Waals surface area contributed by atoms with Crippen LogP contribution in [0.1, 0.15) is 36.2 Å². The number of carbonyl (C=O) groups excluding carboxylic acids is 1. The van der Waals surface area contributed by atoms with E-state index in [1.165, 1.54) is 23.1 Å². The number of nitrogens with zero attached hydrogens (tertiary/aromatic N) is 1. The zero-order chi connectivity index (χ0) is 15.8. The summed E-state index contributed by atoms with van der Waals surface area (Å²) in [6.45, 7) is 3.66. The van der Waals surface area contributed by atoms with Crippen LogP contribution in [0.25, 0.3) is 0 Å². The topological polar surface area (TPSA) is 60.8 Å². The molecule has 21 heavy (non-hydrogen) atoms. The van der Waals surface area contributed by atoms with Crippen molar-refractivity contribution < 1.29 is 19.4 Å². The van der Waals surface area contributed by atoms with E-state index >= 15 is 0 Å². The molecule has 0 saturated carbocycles. The third-order valence-corrected chi connectivity index (χ3v) is 2.90. The van der Waals surface area contributed by atoms with Gasteiger partial charge >= 0.3 is 0 Å². The number of hydrogen-bond donors (Lipinski definition) is 2. The normalized spacial score (nSPS) is 10.2. The average Bonchev–Trinajstić information content (AvgIpc) is 2.44. The molecule has 1 aromatic carbocycles.